The van der Waals surface area contributed by atoms with E-state index in [1.807, 2.05) is 11.7 Å². The summed E-state index contributed by atoms with van der Waals surface area (Å²) >= 11 is 3.55. The number of nitrogens with zero attached hydrogens (tertiary/aromatic N) is 2. The van der Waals surface area contributed by atoms with Crippen LogP contribution in [0.25, 0.3) is 0 Å². The Morgan fingerprint density at radius 2 is 2.05 bits per heavy atom. The minimum absolute atomic E-state index is 0.289. The van der Waals surface area contributed by atoms with Crippen LogP contribution in [-0.2, 0) is 6.42 Å². The molecular formula is C16H22BrN3. The molecule has 0 spiro atoms. The molecule has 0 radical (unpaired) electrons. The van der Waals surface area contributed by atoms with Gasteiger partial charge in [0.05, 0.1) is 5.69 Å². The number of aromatic nitrogens is 2. The predicted molar refractivity (Wildman–Crippen MR) is 87.0 cm³/mol. The zero-order chi connectivity index (χ0) is 14.7. The first-order valence-electron chi connectivity index (χ1n) is 6.98. The average molecular weight is 336 g/mol. The van der Waals surface area contributed by atoms with Crippen LogP contribution < -0.4 is 5.32 Å². The lowest BCUT2D eigenvalue weighted by molar-refractivity contribution is 0.515. The number of benzene rings is 1. The van der Waals surface area contributed by atoms with Crippen molar-refractivity contribution in [2.24, 2.45) is 0 Å². The van der Waals surface area contributed by atoms with E-state index in [0.29, 0.717) is 6.04 Å². The fourth-order valence-corrected chi connectivity index (χ4v) is 2.50. The van der Waals surface area contributed by atoms with Crippen LogP contribution >= 0.6 is 15.9 Å². The van der Waals surface area contributed by atoms with Crippen LogP contribution in [0.2, 0.25) is 0 Å². The normalized spacial score (nSPS) is 12.9. The zero-order valence-electron chi connectivity index (χ0n) is 12.5. The van der Waals surface area contributed by atoms with Crippen molar-refractivity contribution >= 4 is 15.9 Å². The highest BCUT2D eigenvalue weighted by Gasteiger charge is 2.13. The Bertz CT molecular complexity index is 575. The van der Waals surface area contributed by atoms with Gasteiger partial charge >= 0.3 is 0 Å². The molecule has 2 rings (SSSR count). The molecule has 1 heterocycles. The van der Waals surface area contributed by atoms with Crippen LogP contribution in [0, 0.1) is 6.92 Å². The Morgan fingerprint density at radius 3 is 2.60 bits per heavy atom. The first-order valence-corrected chi connectivity index (χ1v) is 7.78. The van der Waals surface area contributed by atoms with Crippen molar-refractivity contribution in [3.8, 4) is 0 Å². The highest BCUT2D eigenvalue weighted by molar-refractivity contribution is 9.10. The molecule has 1 N–H and O–H groups in total. The summed E-state index contributed by atoms with van der Waals surface area (Å²) in [6.45, 7) is 6.41. The van der Waals surface area contributed by atoms with Gasteiger partial charge in [-0.05, 0) is 51.1 Å². The minimum atomic E-state index is 0.289. The summed E-state index contributed by atoms with van der Waals surface area (Å²) in [5.74, 6) is 0. The van der Waals surface area contributed by atoms with Crippen molar-refractivity contribution in [3.05, 3.63) is 51.8 Å². The van der Waals surface area contributed by atoms with Gasteiger partial charge in [-0.3, -0.25) is 4.68 Å². The molecule has 0 amide bonds. The van der Waals surface area contributed by atoms with Crippen LogP contribution in [0.4, 0.5) is 0 Å². The van der Waals surface area contributed by atoms with Crippen molar-refractivity contribution in [2.45, 2.75) is 39.3 Å². The third kappa shape index (κ3) is 3.49. The Labute approximate surface area is 129 Å². The molecule has 0 aliphatic heterocycles. The number of likely N-dealkylation sites (N-methyl/N-ethyl adjacent to an activating group) is 1. The summed E-state index contributed by atoms with van der Waals surface area (Å²) in [5, 5.41) is 8.02. The van der Waals surface area contributed by atoms with Gasteiger partial charge in [0, 0.05) is 29.2 Å². The monoisotopic (exact) mass is 335 g/mol. The fourth-order valence-electron chi connectivity index (χ4n) is 2.25. The molecule has 1 atom stereocenters. The molecule has 0 aliphatic rings. The Kier molecular flexibility index (Phi) is 5.00. The molecule has 3 nitrogen and oxygen atoms in total. The molecule has 4 heteroatoms. The first kappa shape index (κ1) is 15.3. The quantitative estimate of drug-likeness (QED) is 0.893. The fraction of sp³-hybridized carbons (Fsp3) is 0.438. The number of halogens is 1. The van der Waals surface area contributed by atoms with E-state index in [1.54, 1.807) is 0 Å². The topological polar surface area (TPSA) is 29.9 Å². The van der Waals surface area contributed by atoms with E-state index in [4.69, 9.17) is 0 Å². The van der Waals surface area contributed by atoms with Crippen LogP contribution in [0.15, 0.2) is 34.9 Å². The van der Waals surface area contributed by atoms with Gasteiger partial charge in [-0.1, -0.05) is 28.1 Å². The standard InChI is InChI=1S/C16H22BrN3/c1-11(2)20-8-7-14(19-20)10-16(18-4)13-5-6-15(17)12(3)9-13/h5-9,11,16,18H,10H2,1-4H3. The molecule has 0 bridgehead atoms. The molecular weight excluding hydrogens is 314 g/mol. The van der Waals surface area contributed by atoms with Gasteiger partial charge < -0.3 is 5.32 Å². The van der Waals surface area contributed by atoms with Gasteiger partial charge in [-0.25, -0.2) is 0 Å². The maximum Gasteiger partial charge on any atom is 0.0643 e. The minimum Gasteiger partial charge on any atom is -0.313 e. The number of aryl methyl sites for hydroxylation is 1. The van der Waals surface area contributed by atoms with Crippen molar-refractivity contribution in [1.82, 2.24) is 15.1 Å². The second-order valence-electron chi connectivity index (χ2n) is 5.43. The SMILES string of the molecule is CNC(Cc1ccn(C(C)C)n1)c1ccc(Br)c(C)c1. The Morgan fingerprint density at radius 1 is 1.30 bits per heavy atom. The molecule has 0 aliphatic carbocycles. The van der Waals surface area contributed by atoms with E-state index in [9.17, 15) is 0 Å². The maximum atomic E-state index is 4.63. The summed E-state index contributed by atoms with van der Waals surface area (Å²) in [6, 6.07) is 9.31. The average Bonchev–Trinajstić information content (AvgIpc) is 2.88. The van der Waals surface area contributed by atoms with Gasteiger partial charge in [0.2, 0.25) is 0 Å². The summed E-state index contributed by atoms with van der Waals surface area (Å²) < 4.78 is 3.16. The van der Waals surface area contributed by atoms with E-state index in [-0.39, 0.29) is 6.04 Å². The lowest BCUT2D eigenvalue weighted by Crippen LogP contribution is -2.19. The van der Waals surface area contributed by atoms with Crippen LogP contribution in [-0.4, -0.2) is 16.8 Å². The summed E-state index contributed by atoms with van der Waals surface area (Å²) in [7, 11) is 2.00. The lowest BCUT2D eigenvalue weighted by Gasteiger charge is -2.16. The summed E-state index contributed by atoms with van der Waals surface area (Å²) in [4.78, 5) is 0. The molecule has 0 saturated carbocycles. The van der Waals surface area contributed by atoms with Gasteiger partial charge in [-0.2, -0.15) is 5.10 Å². The van der Waals surface area contributed by atoms with Crippen LogP contribution in [0.5, 0.6) is 0 Å². The molecule has 0 saturated heterocycles. The van der Waals surface area contributed by atoms with E-state index in [1.165, 1.54) is 11.1 Å². The van der Waals surface area contributed by atoms with Crippen molar-refractivity contribution in [3.63, 3.8) is 0 Å². The number of rotatable bonds is 5. The third-order valence-electron chi connectivity index (χ3n) is 3.54. The van der Waals surface area contributed by atoms with Crippen LogP contribution in [0.1, 0.15) is 42.8 Å². The predicted octanol–water partition coefficient (Wildman–Crippen LogP) is 4.04. The lowest BCUT2D eigenvalue weighted by atomic mass is 10.0. The van der Waals surface area contributed by atoms with E-state index in [2.05, 4.69) is 77.6 Å². The molecule has 1 aromatic heterocycles. The van der Waals surface area contributed by atoms with Crippen molar-refractivity contribution in [2.75, 3.05) is 7.05 Å². The maximum absolute atomic E-state index is 4.63. The van der Waals surface area contributed by atoms with Gasteiger partial charge in [0.15, 0.2) is 0 Å². The first-order chi connectivity index (χ1) is 9.51. The van der Waals surface area contributed by atoms with Gasteiger partial charge in [0.1, 0.15) is 0 Å². The van der Waals surface area contributed by atoms with Crippen molar-refractivity contribution < 1.29 is 0 Å². The molecule has 1 aromatic carbocycles. The Balaban J connectivity index is 2.17. The highest BCUT2D eigenvalue weighted by atomic mass is 79.9. The van der Waals surface area contributed by atoms with Gasteiger partial charge in [-0.15, -0.1) is 0 Å². The smallest absolute Gasteiger partial charge is 0.0643 e. The van der Waals surface area contributed by atoms with E-state index in [0.717, 1.165) is 16.6 Å². The molecule has 20 heavy (non-hydrogen) atoms. The third-order valence-corrected chi connectivity index (χ3v) is 4.43. The van der Waals surface area contributed by atoms with Gasteiger partial charge in [0.25, 0.3) is 0 Å². The summed E-state index contributed by atoms with van der Waals surface area (Å²) in [5.41, 5.74) is 3.68. The van der Waals surface area contributed by atoms with E-state index < -0.39 is 0 Å². The largest absolute Gasteiger partial charge is 0.313 e. The number of nitrogens with one attached hydrogen (secondary N) is 1. The molecule has 1 unspecified atom stereocenters. The number of hydrogen-bond donors (Lipinski definition) is 1. The molecule has 108 valence electrons. The zero-order valence-corrected chi connectivity index (χ0v) is 14.1. The number of hydrogen-bond acceptors (Lipinski definition) is 2. The summed E-state index contributed by atoms with van der Waals surface area (Å²) in [6.07, 6.45) is 2.96. The Hall–Kier alpha value is -1.13. The van der Waals surface area contributed by atoms with Crippen molar-refractivity contribution in [1.29, 1.82) is 0 Å². The second-order valence-corrected chi connectivity index (χ2v) is 6.29. The van der Waals surface area contributed by atoms with E-state index >= 15 is 0 Å². The molecule has 2 aromatic rings. The highest BCUT2D eigenvalue weighted by Crippen LogP contribution is 2.23. The molecule has 0 fully saturated rings. The second kappa shape index (κ2) is 6.55. The van der Waals surface area contributed by atoms with Crippen LogP contribution in [0.3, 0.4) is 0 Å².